The first-order valence-corrected chi connectivity index (χ1v) is 15.4. The van der Waals surface area contributed by atoms with Crippen molar-refractivity contribution in [3.63, 3.8) is 0 Å². The Morgan fingerprint density at radius 2 is 1.52 bits per heavy atom. The second-order valence-electron chi connectivity index (χ2n) is 10.9. The quantitative estimate of drug-likeness (QED) is 0.277. The average molecular weight is 589 g/mol. The zero-order valence-electron chi connectivity index (χ0n) is 23.6. The number of fused-ring (bicyclic) bond motifs is 3. The van der Waals surface area contributed by atoms with Gasteiger partial charge < -0.3 is 25.2 Å². The summed E-state index contributed by atoms with van der Waals surface area (Å²) in [7, 11) is 0. The molecule has 8 nitrogen and oxygen atoms in total. The molecule has 42 heavy (non-hydrogen) atoms. The highest BCUT2D eigenvalue weighted by molar-refractivity contribution is 7.99. The Kier molecular flexibility index (Phi) is 9.49. The van der Waals surface area contributed by atoms with Crippen molar-refractivity contribution in [3.8, 4) is 11.1 Å². The van der Waals surface area contributed by atoms with E-state index >= 15 is 0 Å². The van der Waals surface area contributed by atoms with E-state index in [1.54, 1.807) is 18.7 Å². The van der Waals surface area contributed by atoms with Crippen LogP contribution < -0.4 is 10.6 Å². The molecule has 9 heteroatoms. The summed E-state index contributed by atoms with van der Waals surface area (Å²) in [5, 5.41) is 15.5. The third-order valence-electron chi connectivity index (χ3n) is 8.07. The van der Waals surface area contributed by atoms with Gasteiger partial charge in [0, 0.05) is 12.3 Å². The van der Waals surface area contributed by atoms with E-state index in [0.717, 1.165) is 39.3 Å². The minimum absolute atomic E-state index is 0.0487. The summed E-state index contributed by atoms with van der Waals surface area (Å²) in [4.78, 5) is 38.4. The Bertz CT molecular complexity index is 1360. The van der Waals surface area contributed by atoms with E-state index in [2.05, 4.69) is 34.9 Å². The summed E-state index contributed by atoms with van der Waals surface area (Å²) in [5.41, 5.74) is 4.63. The van der Waals surface area contributed by atoms with E-state index < -0.39 is 35.7 Å². The van der Waals surface area contributed by atoms with Crippen LogP contribution in [0.4, 0.5) is 4.79 Å². The molecule has 0 unspecified atom stereocenters. The fraction of sp³-hybridized carbons (Fsp3) is 0.364. The molecule has 0 saturated carbocycles. The summed E-state index contributed by atoms with van der Waals surface area (Å²) < 4.78 is 11.6. The standard InChI is InChI=1S/C33H36N2O6S/c1-22(40-20-23-9-3-2-4-10-23)30(31(37)38)34-29(36)19-33(15-17-42-18-16-33)35-32(39)41-21-28-26-13-7-5-11-24(26)25-12-6-8-14-27(25)28/h2-14,22,28,30H,15-21H2,1H3,(H,34,36)(H,35,39)(H,37,38)/t22-,30+/m1/s1. The summed E-state index contributed by atoms with van der Waals surface area (Å²) >= 11 is 1.76. The van der Waals surface area contributed by atoms with Crippen molar-refractivity contribution in [1.82, 2.24) is 10.6 Å². The molecule has 2 atom stereocenters. The van der Waals surface area contributed by atoms with Gasteiger partial charge in [-0.1, -0.05) is 78.9 Å². The number of amides is 2. The maximum Gasteiger partial charge on any atom is 0.407 e. The first-order chi connectivity index (χ1) is 20.3. The molecule has 2 aliphatic rings. The minimum atomic E-state index is -1.23. The largest absolute Gasteiger partial charge is 0.480 e. The molecule has 3 N–H and O–H groups in total. The molecule has 1 aliphatic heterocycles. The smallest absolute Gasteiger partial charge is 0.407 e. The van der Waals surface area contributed by atoms with Gasteiger partial charge in [-0.3, -0.25) is 4.79 Å². The molecule has 0 radical (unpaired) electrons. The van der Waals surface area contributed by atoms with Crippen molar-refractivity contribution in [2.75, 3.05) is 18.1 Å². The Labute approximate surface area is 250 Å². The van der Waals surface area contributed by atoms with Gasteiger partial charge in [0.1, 0.15) is 6.61 Å². The number of carbonyl (C=O) groups excluding carboxylic acids is 2. The molecule has 1 saturated heterocycles. The van der Waals surface area contributed by atoms with Crippen LogP contribution in [0.1, 0.15) is 48.8 Å². The van der Waals surface area contributed by atoms with Crippen LogP contribution in [0.2, 0.25) is 0 Å². The van der Waals surface area contributed by atoms with E-state index in [4.69, 9.17) is 9.47 Å². The van der Waals surface area contributed by atoms with Crippen LogP contribution in [0.5, 0.6) is 0 Å². The third kappa shape index (κ3) is 6.97. The number of benzene rings is 3. The highest BCUT2D eigenvalue weighted by Crippen LogP contribution is 2.44. The topological polar surface area (TPSA) is 114 Å². The van der Waals surface area contributed by atoms with Gasteiger partial charge in [-0.05, 0) is 59.1 Å². The molecule has 1 aliphatic carbocycles. The van der Waals surface area contributed by atoms with Crippen molar-refractivity contribution in [2.45, 2.75) is 56.4 Å². The van der Waals surface area contributed by atoms with Crippen molar-refractivity contribution >= 4 is 29.7 Å². The number of alkyl carbamates (subject to hydrolysis) is 1. The lowest BCUT2D eigenvalue weighted by Gasteiger charge is -2.37. The van der Waals surface area contributed by atoms with E-state index in [9.17, 15) is 19.5 Å². The number of aliphatic carboxylic acids is 1. The lowest BCUT2D eigenvalue weighted by atomic mass is 9.88. The monoisotopic (exact) mass is 588 g/mol. The van der Waals surface area contributed by atoms with Crippen LogP contribution in [0.15, 0.2) is 78.9 Å². The molecule has 5 rings (SSSR count). The maximum atomic E-state index is 13.2. The molecule has 2 amide bonds. The average Bonchev–Trinajstić information content (AvgIpc) is 3.32. The number of thioether (sulfide) groups is 1. The van der Waals surface area contributed by atoms with Crippen molar-refractivity contribution < 1.29 is 29.0 Å². The van der Waals surface area contributed by atoms with Gasteiger partial charge in [0.2, 0.25) is 5.91 Å². The van der Waals surface area contributed by atoms with Gasteiger partial charge in [-0.2, -0.15) is 11.8 Å². The number of carboxylic acids is 1. The van der Waals surface area contributed by atoms with Crippen LogP contribution in [0.3, 0.4) is 0 Å². The van der Waals surface area contributed by atoms with Crippen LogP contribution in [0, 0.1) is 0 Å². The zero-order valence-corrected chi connectivity index (χ0v) is 24.4. The zero-order chi connectivity index (χ0) is 29.5. The van der Waals surface area contributed by atoms with Crippen molar-refractivity contribution in [1.29, 1.82) is 0 Å². The Hall–Kier alpha value is -3.82. The van der Waals surface area contributed by atoms with E-state index in [0.29, 0.717) is 12.8 Å². The molecule has 220 valence electrons. The van der Waals surface area contributed by atoms with Gasteiger partial charge in [0.25, 0.3) is 0 Å². The number of carboxylic acid groups (broad SMARTS) is 1. The highest BCUT2D eigenvalue weighted by Gasteiger charge is 2.39. The number of rotatable bonds is 11. The summed E-state index contributed by atoms with van der Waals surface area (Å²) in [6.45, 7) is 2.03. The maximum absolute atomic E-state index is 13.2. The van der Waals surface area contributed by atoms with E-state index in [1.807, 2.05) is 54.6 Å². The Balaban J connectivity index is 1.20. The highest BCUT2D eigenvalue weighted by atomic mass is 32.2. The lowest BCUT2D eigenvalue weighted by molar-refractivity contribution is -0.146. The van der Waals surface area contributed by atoms with Crippen LogP contribution >= 0.6 is 11.8 Å². The van der Waals surface area contributed by atoms with Gasteiger partial charge in [0.05, 0.1) is 18.2 Å². The predicted molar refractivity (Wildman–Crippen MR) is 162 cm³/mol. The minimum Gasteiger partial charge on any atom is -0.480 e. The fourth-order valence-corrected chi connectivity index (χ4v) is 7.04. The normalized spacial score (nSPS) is 16.9. The predicted octanol–water partition coefficient (Wildman–Crippen LogP) is 5.36. The molecule has 0 bridgehead atoms. The lowest BCUT2D eigenvalue weighted by Crippen LogP contribution is -2.56. The molecule has 1 heterocycles. The van der Waals surface area contributed by atoms with Crippen LogP contribution in [-0.2, 0) is 25.7 Å². The van der Waals surface area contributed by atoms with Crippen molar-refractivity contribution in [2.24, 2.45) is 0 Å². The second-order valence-corrected chi connectivity index (χ2v) is 12.1. The summed E-state index contributed by atoms with van der Waals surface area (Å²) in [6.07, 6.45) is -0.238. The molecule has 1 fully saturated rings. The van der Waals surface area contributed by atoms with Gasteiger partial charge >= 0.3 is 12.1 Å². The number of carbonyl (C=O) groups is 3. The van der Waals surface area contributed by atoms with Crippen LogP contribution in [-0.4, -0.2) is 58.9 Å². The van der Waals surface area contributed by atoms with Crippen molar-refractivity contribution in [3.05, 3.63) is 95.6 Å². The molecule has 0 spiro atoms. The fourth-order valence-electron chi connectivity index (χ4n) is 5.77. The van der Waals surface area contributed by atoms with Gasteiger partial charge in [0.15, 0.2) is 6.04 Å². The van der Waals surface area contributed by atoms with E-state index in [-0.39, 0.29) is 25.6 Å². The molecular weight excluding hydrogens is 552 g/mol. The number of ether oxygens (including phenoxy) is 2. The molecule has 3 aromatic carbocycles. The number of nitrogens with one attached hydrogen (secondary N) is 2. The Morgan fingerprint density at radius 1 is 0.929 bits per heavy atom. The molecule has 0 aromatic heterocycles. The summed E-state index contributed by atoms with van der Waals surface area (Å²) in [5.74, 6) is -0.158. The number of hydrogen-bond acceptors (Lipinski definition) is 6. The number of hydrogen-bond donors (Lipinski definition) is 3. The first-order valence-electron chi connectivity index (χ1n) is 14.2. The summed E-state index contributed by atoms with van der Waals surface area (Å²) in [6, 6.07) is 24.5. The van der Waals surface area contributed by atoms with Crippen LogP contribution in [0.25, 0.3) is 11.1 Å². The van der Waals surface area contributed by atoms with Gasteiger partial charge in [-0.15, -0.1) is 0 Å². The van der Waals surface area contributed by atoms with Gasteiger partial charge in [-0.25, -0.2) is 9.59 Å². The Morgan fingerprint density at radius 3 is 2.14 bits per heavy atom. The second kappa shape index (κ2) is 13.4. The van der Waals surface area contributed by atoms with E-state index in [1.165, 1.54) is 0 Å². The SMILES string of the molecule is C[C@@H](OCc1ccccc1)[C@H](NC(=O)CC1(NC(=O)OCC2c3ccccc3-c3ccccc32)CCSCC1)C(=O)O. The molecule has 3 aromatic rings. The first kappa shape index (κ1) is 29.7. The molecular formula is C33H36N2O6S. The third-order valence-corrected chi connectivity index (χ3v) is 9.05.